The molecule has 0 heterocycles. The van der Waals surface area contributed by atoms with Gasteiger partial charge in [0.2, 0.25) is 0 Å². The lowest BCUT2D eigenvalue weighted by atomic mass is 9.95. The molecule has 0 aliphatic rings. The fraction of sp³-hybridized carbons (Fsp3) is 0.429. The highest BCUT2D eigenvalue weighted by molar-refractivity contribution is 5.94. The van der Waals surface area contributed by atoms with Crippen LogP contribution in [0.3, 0.4) is 0 Å². The lowest BCUT2D eigenvalue weighted by molar-refractivity contribution is -0.148. The summed E-state index contributed by atoms with van der Waals surface area (Å²) in [6.45, 7) is 6.63. The number of hydrogen-bond acceptors (Lipinski definition) is 3. The second kappa shape index (κ2) is 5.21. The Morgan fingerprint density at radius 1 is 1.33 bits per heavy atom. The topological polar surface area (TPSA) is 63.6 Å². The summed E-state index contributed by atoms with van der Waals surface area (Å²) in [4.78, 5) is 22.1. The van der Waals surface area contributed by atoms with Crippen molar-refractivity contribution in [1.29, 1.82) is 0 Å². The number of benzene rings is 1. The number of carbonyl (C=O) groups is 2. The van der Waals surface area contributed by atoms with Gasteiger partial charge >= 0.3 is 5.97 Å². The van der Waals surface area contributed by atoms with Crippen molar-refractivity contribution in [1.82, 2.24) is 0 Å². The van der Waals surface area contributed by atoms with E-state index in [2.05, 4.69) is 0 Å². The minimum absolute atomic E-state index is 0.00415. The quantitative estimate of drug-likeness (QED) is 0.816. The van der Waals surface area contributed by atoms with Crippen LogP contribution in [-0.2, 0) is 4.79 Å². The van der Waals surface area contributed by atoms with Crippen molar-refractivity contribution in [2.45, 2.75) is 27.7 Å². The number of ether oxygens (including phenoxy) is 1. The lowest BCUT2D eigenvalue weighted by Gasteiger charge is -2.20. The summed E-state index contributed by atoms with van der Waals surface area (Å²) >= 11 is 0. The molecule has 0 saturated carbocycles. The first-order chi connectivity index (χ1) is 8.24. The summed E-state index contributed by atoms with van der Waals surface area (Å²) < 4.78 is 5.51. The van der Waals surface area contributed by atoms with E-state index in [4.69, 9.17) is 9.84 Å². The Morgan fingerprint density at radius 2 is 1.94 bits per heavy atom. The number of hydrogen-bond donors (Lipinski definition) is 1. The highest BCUT2D eigenvalue weighted by Gasteiger charge is 2.28. The molecule has 0 aromatic heterocycles. The molecule has 98 valence electrons. The Balaban J connectivity index is 2.81. The molecule has 4 nitrogen and oxygen atoms in total. The number of ketones is 1. The van der Waals surface area contributed by atoms with E-state index < -0.39 is 11.4 Å². The Bertz CT molecular complexity index is 475. The zero-order valence-corrected chi connectivity index (χ0v) is 11.1. The van der Waals surface area contributed by atoms with Crippen molar-refractivity contribution in [3.63, 3.8) is 0 Å². The molecule has 0 radical (unpaired) electrons. The van der Waals surface area contributed by atoms with E-state index in [0.717, 1.165) is 5.56 Å². The van der Waals surface area contributed by atoms with Crippen molar-refractivity contribution in [3.8, 4) is 5.75 Å². The predicted molar refractivity (Wildman–Crippen MR) is 68.1 cm³/mol. The second-order valence-corrected chi connectivity index (χ2v) is 5.01. The standard InChI is InChI=1S/C14H18O4/c1-9-7-11(10(2)15)5-6-12(9)18-8-14(3,4)13(16)17/h5-7H,8H2,1-4H3,(H,16,17). The average Bonchev–Trinajstić information content (AvgIpc) is 2.26. The summed E-state index contributed by atoms with van der Waals surface area (Å²) in [6, 6.07) is 5.12. The molecule has 1 aromatic rings. The number of carboxylic acids is 1. The van der Waals surface area contributed by atoms with Crippen LogP contribution in [0.1, 0.15) is 36.7 Å². The van der Waals surface area contributed by atoms with Gasteiger partial charge in [-0.25, -0.2) is 0 Å². The number of carbonyl (C=O) groups excluding carboxylic acids is 1. The molecule has 0 atom stereocenters. The minimum atomic E-state index is -0.939. The van der Waals surface area contributed by atoms with Crippen LogP contribution in [0.15, 0.2) is 18.2 Å². The van der Waals surface area contributed by atoms with Gasteiger partial charge in [-0.15, -0.1) is 0 Å². The molecule has 0 aliphatic heterocycles. The zero-order chi connectivity index (χ0) is 13.9. The summed E-state index contributed by atoms with van der Waals surface area (Å²) in [5.41, 5.74) is 0.507. The third-order valence-electron chi connectivity index (χ3n) is 2.75. The number of rotatable bonds is 5. The van der Waals surface area contributed by atoms with Gasteiger partial charge in [0.25, 0.3) is 0 Å². The number of Topliss-reactive ketones (excluding diaryl/α,β-unsaturated/α-hetero) is 1. The molecule has 0 bridgehead atoms. The van der Waals surface area contributed by atoms with E-state index in [1.165, 1.54) is 6.92 Å². The monoisotopic (exact) mass is 250 g/mol. The van der Waals surface area contributed by atoms with Crippen LogP contribution < -0.4 is 4.74 Å². The van der Waals surface area contributed by atoms with Gasteiger partial charge in [0.05, 0.1) is 5.41 Å². The Morgan fingerprint density at radius 3 is 2.39 bits per heavy atom. The van der Waals surface area contributed by atoms with Crippen molar-refractivity contribution in [3.05, 3.63) is 29.3 Å². The summed E-state index contributed by atoms with van der Waals surface area (Å²) in [6.07, 6.45) is 0. The van der Waals surface area contributed by atoms with Crippen LogP contribution in [0.5, 0.6) is 5.75 Å². The van der Waals surface area contributed by atoms with E-state index in [1.807, 2.05) is 6.92 Å². The third-order valence-corrected chi connectivity index (χ3v) is 2.75. The van der Waals surface area contributed by atoms with Crippen molar-refractivity contribution in [2.24, 2.45) is 5.41 Å². The fourth-order valence-electron chi connectivity index (χ4n) is 1.35. The molecule has 0 saturated heterocycles. The molecule has 1 aromatic carbocycles. The summed E-state index contributed by atoms with van der Waals surface area (Å²) in [5, 5.41) is 8.98. The highest BCUT2D eigenvalue weighted by atomic mass is 16.5. The molecule has 1 N–H and O–H groups in total. The van der Waals surface area contributed by atoms with Crippen LogP contribution in [0, 0.1) is 12.3 Å². The fourth-order valence-corrected chi connectivity index (χ4v) is 1.35. The molecular weight excluding hydrogens is 232 g/mol. The third kappa shape index (κ3) is 3.32. The van der Waals surface area contributed by atoms with Gasteiger partial charge in [-0.1, -0.05) is 0 Å². The maximum absolute atomic E-state index is 11.2. The molecule has 18 heavy (non-hydrogen) atoms. The number of carboxylic acid groups (broad SMARTS) is 1. The summed E-state index contributed by atoms with van der Waals surface area (Å²) in [5.74, 6) is -0.301. The maximum atomic E-state index is 11.2. The van der Waals surface area contributed by atoms with E-state index in [1.54, 1.807) is 32.0 Å². The Labute approximate surface area is 107 Å². The van der Waals surface area contributed by atoms with Crippen molar-refractivity contribution in [2.75, 3.05) is 6.61 Å². The van der Waals surface area contributed by atoms with Crippen LogP contribution in [0.4, 0.5) is 0 Å². The van der Waals surface area contributed by atoms with Crippen molar-refractivity contribution < 1.29 is 19.4 Å². The van der Waals surface area contributed by atoms with E-state index in [9.17, 15) is 9.59 Å². The molecular formula is C14H18O4. The van der Waals surface area contributed by atoms with Crippen LogP contribution in [0.25, 0.3) is 0 Å². The van der Waals surface area contributed by atoms with Crippen LogP contribution in [-0.4, -0.2) is 23.5 Å². The summed E-state index contributed by atoms with van der Waals surface area (Å²) in [7, 11) is 0. The number of aryl methyl sites for hydroxylation is 1. The zero-order valence-electron chi connectivity index (χ0n) is 11.1. The first kappa shape index (κ1) is 14.2. The minimum Gasteiger partial charge on any atom is -0.492 e. The van der Waals surface area contributed by atoms with Gasteiger partial charge in [0.1, 0.15) is 12.4 Å². The molecule has 0 amide bonds. The van der Waals surface area contributed by atoms with E-state index in [-0.39, 0.29) is 12.4 Å². The largest absolute Gasteiger partial charge is 0.492 e. The molecule has 4 heteroatoms. The van der Waals surface area contributed by atoms with Gasteiger partial charge in [0.15, 0.2) is 5.78 Å². The smallest absolute Gasteiger partial charge is 0.312 e. The maximum Gasteiger partial charge on any atom is 0.312 e. The van der Waals surface area contributed by atoms with Crippen LogP contribution >= 0.6 is 0 Å². The first-order valence-corrected chi connectivity index (χ1v) is 5.72. The van der Waals surface area contributed by atoms with E-state index in [0.29, 0.717) is 11.3 Å². The Hall–Kier alpha value is -1.84. The average molecular weight is 250 g/mol. The number of aliphatic carboxylic acids is 1. The Kier molecular flexibility index (Phi) is 4.11. The molecule has 0 spiro atoms. The molecule has 0 unspecified atom stereocenters. The molecule has 0 fully saturated rings. The van der Waals surface area contributed by atoms with Gasteiger partial charge in [-0.2, -0.15) is 0 Å². The van der Waals surface area contributed by atoms with Gasteiger partial charge in [-0.3, -0.25) is 9.59 Å². The second-order valence-electron chi connectivity index (χ2n) is 5.01. The molecule has 1 rings (SSSR count). The van der Waals surface area contributed by atoms with E-state index >= 15 is 0 Å². The normalized spacial score (nSPS) is 11.1. The predicted octanol–water partition coefficient (Wildman–Crippen LogP) is 2.69. The SMILES string of the molecule is CC(=O)c1ccc(OCC(C)(C)C(=O)O)c(C)c1. The first-order valence-electron chi connectivity index (χ1n) is 5.72. The van der Waals surface area contributed by atoms with Gasteiger partial charge < -0.3 is 9.84 Å². The highest BCUT2D eigenvalue weighted by Crippen LogP contribution is 2.23. The van der Waals surface area contributed by atoms with Crippen molar-refractivity contribution >= 4 is 11.8 Å². The lowest BCUT2D eigenvalue weighted by Crippen LogP contribution is -2.30. The van der Waals surface area contributed by atoms with Crippen LogP contribution in [0.2, 0.25) is 0 Å². The van der Waals surface area contributed by atoms with Gasteiger partial charge in [-0.05, 0) is 51.5 Å². The molecule has 0 aliphatic carbocycles. The van der Waals surface area contributed by atoms with Gasteiger partial charge in [0, 0.05) is 5.56 Å².